The van der Waals surface area contributed by atoms with Gasteiger partial charge in [0, 0.05) is 0 Å². The Morgan fingerprint density at radius 1 is 0.889 bits per heavy atom. The van der Waals surface area contributed by atoms with E-state index < -0.39 is 8.67 Å². The number of hydrogen-bond donors (Lipinski definition) is 0. The molecule has 0 unspecified atom stereocenters. The largest absolute Gasteiger partial charge is 0.180 e. The molecule has 9 heavy (non-hydrogen) atoms. The van der Waals surface area contributed by atoms with E-state index in [0.717, 1.165) is 0 Å². The minimum Gasteiger partial charge on any atom is -0.123 e. The van der Waals surface area contributed by atoms with Crippen molar-refractivity contribution in [2.45, 2.75) is 8.67 Å². The summed E-state index contributed by atoms with van der Waals surface area (Å²) in [5, 5.41) is 0. The van der Waals surface area contributed by atoms with Crippen LogP contribution in [0.1, 0.15) is 0 Å². The molecule has 0 radical (unpaired) electrons. The molecule has 0 nitrogen and oxygen atoms in total. The first kappa shape index (κ1) is 7.78. The van der Waals surface area contributed by atoms with E-state index >= 15 is 0 Å². The maximum absolute atomic E-state index is 5.61. The first-order chi connectivity index (χ1) is 3.96. The third kappa shape index (κ3) is 1.24. The van der Waals surface area contributed by atoms with Gasteiger partial charge < -0.3 is 0 Å². The molecule has 0 bridgehead atoms. The van der Waals surface area contributed by atoms with Gasteiger partial charge in [-0.05, 0) is 12.2 Å². The van der Waals surface area contributed by atoms with Crippen LogP contribution in [0.5, 0.6) is 0 Å². The highest BCUT2D eigenvalue weighted by Crippen LogP contribution is 2.46. The maximum atomic E-state index is 5.61. The summed E-state index contributed by atoms with van der Waals surface area (Å²) < 4.78 is -2.45. The topological polar surface area (TPSA) is 0 Å². The molecule has 0 amide bonds. The summed E-state index contributed by atoms with van der Waals surface area (Å²) in [6.07, 6.45) is 2.83. The third-order valence-corrected chi connectivity index (χ3v) is 2.99. The Balaban J connectivity index is 2.95. The van der Waals surface area contributed by atoms with E-state index in [9.17, 15) is 0 Å². The van der Waals surface area contributed by atoms with E-state index in [1.165, 1.54) is 12.2 Å². The van der Waals surface area contributed by atoms with Gasteiger partial charge in [0.25, 0.3) is 0 Å². The molecule has 0 aromatic carbocycles. The molecule has 1 aliphatic carbocycles. The van der Waals surface area contributed by atoms with Crippen LogP contribution in [0.2, 0.25) is 0 Å². The van der Waals surface area contributed by atoms with E-state index in [1.807, 2.05) is 0 Å². The van der Waals surface area contributed by atoms with E-state index in [-0.39, 0.29) is 0 Å². The minimum atomic E-state index is -1.23. The van der Waals surface area contributed by atoms with E-state index in [1.54, 1.807) is 0 Å². The molecule has 0 heterocycles. The van der Waals surface area contributed by atoms with Gasteiger partial charge in [-0.15, -0.1) is 5.73 Å². The van der Waals surface area contributed by atoms with Gasteiger partial charge in [0.2, 0.25) is 0 Å². The summed E-state index contributed by atoms with van der Waals surface area (Å²) in [6, 6.07) is 0. The Morgan fingerprint density at radius 2 is 1.22 bits per heavy atom. The van der Waals surface area contributed by atoms with Gasteiger partial charge in [0.15, 0.2) is 8.67 Å². The van der Waals surface area contributed by atoms with Gasteiger partial charge in [-0.1, -0.05) is 46.4 Å². The Kier molecular flexibility index (Phi) is 1.80. The fourth-order valence-corrected chi connectivity index (χ4v) is 0.914. The third-order valence-electron chi connectivity index (χ3n) is 0.974. The molecule has 0 aliphatic heterocycles. The highest BCUT2D eigenvalue weighted by molar-refractivity contribution is 6.64. The van der Waals surface area contributed by atoms with Gasteiger partial charge in [-0.2, -0.15) is 0 Å². The number of hydrogen-bond acceptors (Lipinski definition) is 0. The zero-order chi connectivity index (χ0) is 7.12. The van der Waals surface area contributed by atoms with Crippen molar-refractivity contribution in [3.8, 4) is 0 Å². The zero-order valence-electron chi connectivity index (χ0n) is 4.17. The first-order valence-electron chi connectivity index (χ1n) is 2.16. The van der Waals surface area contributed by atoms with Crippen molar-refractivity contribution in [1.29, 1.82) is 0 Å². The molecule has 4 heteroatoms. The Hall–Kier alpha value is 0.680. The average molecular weight is 204 g/mol. The molecular weight excluding hydrogens is 202 g/mol. The summed E-state index contributed by atoms with van der Waals surface area (Å²) in [5.41, 5.74) is 2.62. The predicted octanol–water partition coefficient (Wildman–Crippen LogP) is 3.06. The summed E-state index contributed by atoms with van der Waals surface area (Å²) in [7, 11) is 0. The quantitative estimate of drug-likeness (QED) is 0.420. The Bertz CT molecular complexity index is 167. The highest BCUT2D eigenvalue weighted by Gasteiger charge is 2.45. The first-order valence-corrected chi connectivity index (χ1v) is 3.67. The lowest BCUT2D eigenvalue weighted by Crippen LogP contribution is -2.29. The van der Waals surface area contributed by atoms with Crippen LogP contribution in [-0.2, 0) is 0 Å². The smallest absolute Gasteiger partial charge is 0.123 e. The van der Waals surface area contributed by atoms with E-state index in [2.05, 4.69) is 5.73 Å². The Labute approximate surface area is 73.0 Å². The molecule has 0 fully saturated rings. The molecule has 0 saturated carbocycles. The van der Waals surface area contributed by atoms with E-state index in [4.69, 9.17) is 46.4 Å². The van der Waals surface area contributed by atoms with Crippen LogP contribution in [0, 0.1) is 0 Å². The second-order valence-corrected chi connectivity index (χ2v) is 4.47. The second-order valence-electron chi connectivity index (χ2n) is 1.70. The zero-order valence-corrected chi connectivity index (χ0v) is 7.19. The molecule has 0 N–H and O–H groups in total. The SMILES string of the molecule is ClC1(Cl)C=C=CC1(Cl)Cl. The number of allylic oxidation sites excluding steroid dienone is 1. The second kappa shape index (κ2) is 2.08. The van der Waals surface area contributed by atoms with Gasteiger partial charge in [0.05, 0.1) is 0 Å². The van der Waals surface area contributed by atoms with Crippen LogP contribution in [-0.4, -0.2) is 8.67 Å². The summed E-state index contributed by atoms with van der Waals surface area (Å²) in [4.78, 5) is 0. The van der Waals surface area contributed by atoms with Crippen molar-refractivity contribution in [3.63, 3.8) is 0 Å². The summed E-state index contributed by atoms with van der Waals surface area (Å²) in [6.45, 7) is 0. The van der Waals surface area contributed by atoms with Crippen LogP contribution in [0.25, 0.3) is 0 Å². The van der Waals surface area contributed by atoms with Crippen LogP contribution < -0.4 is 0 Å². The fraction of sp³-hybridized carbons (Fsp3) is 0.400. The van der Waals surface area contributed by atoms with Crippen LogP contribution in [0.4, 0.5) is 0 Å². The monoisotopic (exact) mass is 202 g/mol. The molecule has 1 aliphatic rings. The molecule has 50 valence electrons. The standard InChI is InChI=1S/C5H2Cl4/c6-4(7)2-1-3-5(4,8)9/h2-3H. The molecular formula is C5H2Cl4. The van der Waals surface area contributed by atoms with Crippen molar-refractivity contribution in [2.75, 3.05) is 0 Å². The van der Waals surface area contributed by atoms with Crippen LogP contribution in [0.15, 0.2) is 17.9 Å². The lowest BCUT2D eigenvalue weighted by molar-refractivity contribution is 0.937. The normalized spacial score (nSPS) is 27.1. The number of halogens is 4. The van der Waals surface area contributed by atoms with E-state index in [0.29, 0.717) is 0 Å². The minimum absolute atomic E-state index is 1.23. The van der Waals surface area contributed by atoms with Crippen molar-refractivity contribution in [3.05, 3.63) is 17.9 Å². The van der Waals surface area contributed by atoms with Crippen molar-refractivity contribution in [2.24, 2.45) is 0 Å². The van der Waals surface area contributed by atoms with Gasteiger partial charge in [0.1, 0.15) is 0 Å². The lowest BCUT2D eigenvalue weighted by atomic mass is 10.3. The summed E-state index contributed by atoms with van der Waals surface area (Å²) in [5.74, 6) is 0. The molecule has 0 atom stereocenters. The fourth-order valence-electron chi connectivity index (χ4n) is 0.443. The predicted molar refractivity (Wildman–Crippen MR) is 41.5 cm³/mol. The van der Waals surface area contributed by atoms with Gasteiger partial charge in [-0.3, -0.25) is 0 Å². The highest BCUT2D eigenvalue weighted by atomic mass is 35.5. The molecule has 1 rings (SSSR count). The van der Waals surface area contributed by atoms with Gasteiger partial charge >= 0.3 is 0 Å². The average Bonchev–Trinajstić information content (AvgIpc) is 1.81. The lowest BCUT2D eigenvalue weighted by Gasteiger charge is -2.21. The molecule has 0 spiro atoms. The summed E-state index contributed by atoms with van der Waals surface area (Å²) >= 11 is 22.4. The maximum Gasteiger partial charge on any atom is 0.180 e. The van der Waals surface area contributed by atoms with Crippen molar-refractivity contribution >= 4 is 46.4 Å². The van der Waals surface area contributed by atoms with Crippen LogP contribution >= 0.6 is 46.4 Å². The number of rotatable bonds is 0. The molecule has 0 aromatic rings. The number of alkyl halides is 4. The van der Waals surface area contributed by atoms with Crippen LogP contribution in [0.3, 0.4) is 0 Å². The Morgan fingerprint density at radius 3 is 1.33 bits per heavy atom. The molecule has 0 aromatic heterocycles. The van der Waals surface area contributed by atoms with Crippen molar-refractivity contribution < 1.29 is 0 Å². The molecule has 0 saturated heterocycles. The van der Waals surface area contributed by atoms with Crippen molar-refractivity contribution in [1.82, 2.24) is 0 Å². The van der Waals surface area contributed by atoms with Gasteiger partial charge in [-0.25, -0.2) is 0 Å².